The molecule has 7 nitrogen and oxygen atoms in total. The lowest BCUT2D eigenvalue weighted by Gasteiger charge is -2.36. The first-order valence-corrected chi connectivity index (χ1v) is 14.2. The maximum Gasteiger partial charge on any atom is 0.246 e. The molecule has 1 aromatic rings. The smallest absolute Gasteiger partial charge is 0.246 e. The minimum atomic E-state index is -1.10. The molecule has 2 saturated heterocycles. The second-order valence-electron chi connectivity index (χ2n) is 11.7. The number of ether oxygens (including phenoxy) is 1. The number of fused-ring (bicyclic) bond motifs is 1. The molecule has 1 aromatic carbocycles. The summed E-state index contributed by atoms with van der Waals surface area (Å²) in [6.07, 6.45) is 9.31. The van der Waals surface area contributed by atoms with Crippen molar-refractivity contribution in [1.29, 1.82) is 0 Å². The van der Waals surface area contributed by atoms with E-state index in [2.05, 4.69) is 38.3 Å². The predicted octanol–water partition coefficient (Wildman–Crippen LogP) is 4.39. The number of amides is 3. The largest absolute Gasteiger partial charge is 0.359 e. The van der Waals surface area contributed by atoms with Crippen LogP contribution in [0, 0.1) is 17.8 Å². The van der Waals surface area contributed by atoms with E-state index in [0.29, 0.717) is 24.1 Å². The maximum atomic E-state index is 13.9. The monoisotopic (exact) mass is 507 g/mol. The first kappa shape index (κ1) is 26.0. The van der Waals surface area contributed by atoms with E-state index in [1.54, 1.807) is 4.90 Å². The number of benzene rings is 1. The van der Waals surface area contributed by atoms with Crippen molar-refractivity contribution in [2.24, 2.45) is 17.8 Å². The number of unbranched alkanes of at least 4 members (excludes halogenated alkanes) is 1. The van der Waals surface area contributed by atoms with Gasteiger partial charge in [-0.3, -0.25) is 14.4 Å². The van der Waals surface area contributed by atoms with E-state index >= 15 is 0 Å². The molecule has 3 fully saturated rings. The summed E-state index contributed by atoms with van der Waals surface area (Å²) < 4.78 is 6.44. The number of nitrogens with zero attached hydrogens (tertiary/aromatic N) is 1. The molecule has 5 rings (SSSR count). The van der Waals surface area contributed by atoms with Crippen molar-refractivity contribution >= 4 is 23.4 Å². The van der Waals surface area contributed by atoms with Crippen molar-refractivity contribution in [3.05, 3.63) is 42.0 Å². The molecule has 7 heteroatoms. The molecule has 7 atom stereocenters. The Balaban J connectivity index is 1.40. The van der Waals surface area contributed by atoms with Crippen molar-refractivity contribution < 1.29 is 19.1 Å². The zero-order valence-electron chi connectivity index (χ0n) is 22.5. The molecular formula is C30H41N3O4. The van der Waals surface area contributed by atoms with Gasteiger partial charge in [0.05, 0.1) is 17.9 Å². The highest BCUT2D eigenvalue weighted by atomic mass is 16.5. The van der Waals surface area contributed by atoms with Crippen LogP contribution in [0.25, 0.3) is 0 Å². The summed E-state index contributed by atoms with van der Waals surface area (Å²) in [6.45, 7) is 9.00. The topological polar surface area (TPSA) is 87.7 Å². The Morgan fingerprint density at radius 3 is 2.54 bits per heavy atom. The molecule has 7 unspecified atom stereocenters. The Labute approximate surface area is 220 Å². The first-order valence-electron chi connectivity index (χ1n) is 14.2. The van der Waals surface area contributed by atoms with E-state index in [4.69, 9.17) is 4.74 Å². The number of hydrogen-bond acceptors (Lipinski definition) is 4. The molecule has 37 heavy (non-hydrogen) atoms. The van der Waals surface area contributed by atoms with Gasteiger partial charge in [0, 0.05) is 18.3 Å². The number of rotatable bonds is 8. The third kappa shape index (κ3) is 4.49. The lowest BCUT2D eigenvalue weighted by atomic mass is 9.74. The molecule has 3 aliphatic heterocycles. The highest BCUT2D eigenvalue weighted by Crippen LogP contribution is 2.55. The lowest BCUT2D eigenvalue weighted by Crippen LogP contribution is -2.57. The van der Waals surface area contributed by atoms with Gasteiger partial charge >= 0.3 is 0 Å². The fourth-order valence-corrected chi connectivity index (χ4v) is 6.81. The minimum absolute atomic E-state index is 0.107. The van der Waals surface area contributed by atoms with E-state index in [-0.39, 0.29) is 23.8 Å². The molecule has 3 amide bonds. The average molecular weight is 508 g/mol. The van der Waals surface area contributed by atoms with E-state index in [1.807, 2.05) is 36.4 Å². The molecule has 2 N–H and O–H groups in total. The highest BCUT2D eigenvalue weighted by molar-refractivity contribution is 6.02. The standard InChI is InChI=1S/C30H41N3O4/c1-5-6-17-33-26(28(35)32-22-10-8-7-9-19(22)4)30-16-15-23(37-30)24(25(30)29(33)36)27(34)31-21-13-11-20(12-14-21)18(2)3/h11-16,18-19,22-26H,5-10,17H2,1-4H3,(H,31,34)(H,32,35). The summed E-state index contributed by atoms with van der Waals surface area (Å²) in [5, 5.41) is 6.29. The fraction of sp³-hybridized carbons (Fsp3) is 0.633. The van der Waals surface area contributed by atoms with E-state index < -0.39 is 29.6 Å². The molecule has 4 aliphatic rings. The molecule has 1 aliphatic carbocycles. The zero-order chi connectivity index (χ0) is 26.3. The fourth-order valence-electron chi connectivity index (χ4n) is 6.81. The van der Waals surface area contributed by atoms with E-state index in [0.717, 1.165) is 32.1 Å². The lowest BCUT2D eigenvalue weighted by molar-refractivity contribution is -0.141. The van der Waals surface area contributed by atoms with Gasteiger partial charge in [-0.05, 0) is 48.8 Å². The van der Waals surface area contributed by atoms with Crippen LogP contribution in [0.1, 0.15) is 77.7 Å². The molecule has 1 saturated carbocycles. The van der Waals surface area contributed by atoms with Crippen LogP contribution in [-0.2, 0) is 19.1 Å². The van der Waals surface area contributed by atoms with Crippen LogP contribution >= 0.6 is 0 Å². The summed E-state index contributed by atoms with van der Waals surface area (Å²) in [5.41, 5.74) is 0.798. The van der Waals surface area contributed by atoms with Gasteiger partial charge in [-0.25, -0.2) is 0 Å². The maximum absolute atomic E-state index is 13.9. The molecule has 0 radical (unpaired) electrons. The van der Waals surface area contributed by atoms with Crippen LogP contribution in [0.3, 0.4) is 0 Å². The number of hydrogen-bond donors (Lipinski definition) is 2. The van der Waals surface area contributed by atoms with Gasteiger partial charge in [-0.1, -0.05) is 71.2 Å². The molecule has 1 spiro atoms. The minimum Gasteiger partial charge on any atom is -0.359 e. The third-order valence-electron chi connectivity index (χ3n) is 8.96. The zero-order valence-corrected chi connectivity index (χ0v) is 22.5. The normalized spacial score (nSPS) is 34.2. The van der Waals surface area contributed by atoms with Crippen LogP contribution in [-0.4, -0.2) is 53.0 Å². The Kier molecular flexibility index (Phi) is 7.18. The summed E-state index contributed by atoms with van der Waals surface area (Å²) in [4.78, 5) is 43.0. The van der Waals surface area contributed by atoms with Gasteiger partial charge in [0.15, 0.2) is 0 Å². The van der Waals surface area contributed by atoms with Crippen LogP contribution in [0.15, 0.2) is 36.4 Å². The van der Waals surface area contributed by atoms with Gasteiger partial charge in [-0.2, -0.15) is 0 Å². The second-order valence-corrected chi connectivity index (χ2v) is 11.7. The Bertz CT molecular complexity index is 1070. The second kappa shape index (κ2) is 10.2. The molecule has 0 aromatic heterocycles. The van der Waals surface area contributed by atoms with Gasteiger partial charge in [-0.15, -0.1) is 0 Å². The Morgan fingerprint density at radius 1 is 1.14 bits per heavy atom. The Hall–Kier alpha value is -2.67. The number of likely N-dealkylation sites (tertiary alicyclic amines) is 1. The van der Waals surface area contributed by atoms with E-state index in [9.17, 15) is 14.4 Å². The van der Waals surface area contributed by atoms with Crippen molar-refractivity contribution in [2.45, 2.75) is 95.9 Å². The quantitative estimate of drug-likeness (QED) is 0.511. The van der Waals surface area contributed by atoms with Crippen molar-refractivity contribution in [3.8, 4) is 0 Å². The Morgan fingerprint density at radius 2 is 1.86 bits per heavy atom. The summed E-state index contributed by atoms with van der Waals surface area (Å²) in [5.74, 6) is -1.09. The summed E-state index contributed by atoms with van der Waals surface area (Å²) in [7, 11) is 0. The van der Waals surface area contributed by atoms with Crippen LogP contribution in [0.2, 0.25) is 0 Å². The van der Waals surface area contributed by atoms with Gasteiger partial charge in [0.2, 0.25) is 17.7 Å². The number of nitrogens with one attached hydrogen (secondary N) is 2. The van der Waals surface area contributed by atoms with Crippen molar-refractivity contribution in [1.82, 2.24) is 10.2 Å². The molecule has 2 bridgehead atoms. The van der Waals surface area contributed by atoms with Crippen LogP contribution in [0.5, 0.6) is 0 Å². The SMILES string of the molecule is CCCCN1C(=O)C2C(C(=O)Nc3ccc(C(C)C)cc3)C3C=CC2(O3)C1C(=O)NC1CCCCC1C. The first-order chi connectivity index (χ1) is 17.8. The van der Waals surface area contributed by atoms with Gasteiger partial charge in [0.1, 0.15) is 11.6 Å². The number of carbonyl (C=O) groups excluding carboxylic acids is 3. The number of anilines is 1. The molecule has 200 valence electrons. The van der Waals surface area contributed by atoms with E-state index in [1.165, 1.54) is 12.0 Å². The number of carbonyl (C=O) groups is 3. The summed E-state index contributed by atoms with van der Waals surface area (Å²) in [6, 6.07) is 7.18. The van der Waals surface area contributed by atoms with Gasteiger partial charge in [0.25, 0.3) is 0 Å². The average Bonchev–Trinajstić information content (AvgIpc) is 3.51. The van der Waals surface area contributed by atoms with Crippen molar-refractivity contribution in [2.75, 3.05) is 11.9 Å². The molecular weight excluding hydrogens is 466 g/mol. The van der Waals surface area contributed by atoms with Crippen LogP contribution < -0.4 is 10.6 Å². The summed E-state index contributed by atoms with van der Waals surface area (Å²) >= 11 is 0. The molecule has 3 heterocycles. The highest BCUT2D eigenvalue weighted by Gasteiger charge is 2.72. The van der Waals surface area contributed by atoms with Crippen LogP contribution in [0.4, 0.5) is 5.69 Å². The van der Waals surface area contributed by atoms with Gasteiger partial charge < -0.3 is 20.3 Å². The predicted molar refractivity (Wildman–Crippen MR) is 143 cm³/mol. The third-order valence-corrected chi connectivity index (χ3v) is 8.96. The van der Waals surface area contributed by atoms with Crippen molar-refractivity contribution in [3.63, 3.8) is 0 Å².